The number of unbranched alkanes of at least 4 members (excludes halogenated alkanes) is 1. The molecular formula is C21H24N6O2. The van der Waals surface area contributed by atoms with Gasteiger partial charge < -0.3 is 15.6 Å². The average Bonchev–Trinajstić information content (AvgIpc) is 3.10. The lowest BCUT2D eigenvalue weighted by atomic mass is 10.1. The van der Waals surface area contributed by atoms with Gasteiger partial charge in [-0.3, -0.25) is 0 Å². The summed E-state index contributed by atoms with van der Waals surface area (Å²) >= 11 is 0. The fourth-order valence-electron chi connectivity index (χ4n) is 2.84. The molecule has 0 fully saturated rings. The van der Waals surface area contributed by atoms with Crippen LogP contribution in [0.1, 0.15) is 42.7 Å². The molecule has 3 N–H and O–H groups in total. The number of aryl methyl sites for hydroxylation is 2. The lowest BCUT2D eigenvalue weighted by Crippen LogP contribution is -2.12. The first kappa shape index (κ1) is 20.5. The number of nitrogens with zero attached hydrogens (tertiary/aromatic N) is 5. The van der Waals surface area contributed by atoms with Crippen LogP contribution in [0, 0.1) is 11.3 Å². The Morgan fingerprint density at radius 3 is 2.69 bits per heavy atom. The Hall–Kier alpha value is -3.28. The van der Waals surface area contributed by atoms with Gasteiger partial charge in [0.05, 0.1) is 29.0 Å². The molecule has 0 spiro atoms. The zero-order valence-electron chi connectivity index (χ0n) is 16.5. The van der Waals surface area contributed by atoms with Crippen molar-refractivity contribution in [1.82, 2.24) is 19.7 Å². The van der Waals surface area contributed by atoms with E-state index >= 15 is 0 Å². The second-order valence-electron chi connectivity index (χ2n) is 6.72. The summed E-state index contributed by atoms with van der Waals surface area (Å²) in [7, 11) is 1.82. The molecule has 150 valence electrons. The Morgan fingerprint density at radius 2 is 2.03 bits per heavy atom. The normalized spacial score (nSPS) is 11.8. The van der Waals surface area contributed by atoms with Crippen molar-refractivity contribution in [3.05, 3.63) is 53.5 Å². The highest BCUT2D eigenvalue weighted by Crippen LogP contribution is 2.33. The molecule has 8 heteroatoms. The Labute approximate surface area is 169 Å². The summed E-state index contributed by atoms with van der Waals surface area (Å²) in [5, 5.41) is 23.6. The van der Waals surface area contributed by atoms with Crippen LogP contribution in [0.4, 0.5) is 0 Å². The quantitative estimate of drug-likeness (QED) is 0.604. The molecule has 1 unspecified atom stereocenters. The van der Waals surface area contributed by atoms with Crippen LogP contribution in [0.3, 0.4) is 0 Å². The SMILES string of the molecule is CCCCc1cc(Oc2cc(C#N)ccc2-c2ncc(C(O)CN)cn2)n(C)n1. The van der Waals surface area contributed by atoms with E-state index in [4.69, 9.17) is 10.5 Å². The molecule has 0 aliphatic carbocycles. The molecule has 1 aromatic carbocycles. The highest BCUT2D eigenvalue weighted by atomic mass is 16.5. The highest BCUT2D eigenvalue weighted by molar-refractivity contribution is 5.66. The van der Waals surface area contributed by atoms with Crippen molar-refractivity contribution in [1.29, 1.82) is 5.26 Å². The summed E-state index contributed by atoms with van der Waals surface area (Å²) in [6.45, 7) is 2.23. The summed E-state index contributed by atoms with van der Waals surface area (Å²) in [5.41, 5.74) is 8.07. The molecular weight excluding hydrogens is 368 g/mol. The van der Waals surface area contributed by atoms with Gasteiger partial charge in [-0.15, -0.1) is 0 Å². The highest BCUT2D eigenvalue weighted by Gasteiger charge is 2.15. The number of aromatic nitrogens is 4. The Morgan fingerprint density at radius 1 is 1.28 bits per heavy atom. The lowest BCUT2D eigenvalue weighted by Gasteiger charge is -2.12. The molecule has 3 rings (SSSR count). The lowest BCUT2D eigenvalue weighted by molar-refractivity contribution is 0.186. The van der Waals surface area contributed by atoms with Gasteiger partial charge in [0, 0.05) is 37.6 Å². The Kier molecular flexibility index (Phi) is 6.54. The third-order valence-corrected chi connectivity index (χ3v) is 4.52. The van der Waals surface area contributed by atoms with Gasteiger partial charge >= 0.3 is 0 Å². The van der Waals surface area contributed by atoms with E-state index in [1.165, 1.54) is 12.4 Å². The minimum Gasteiger partial charge on any atom is -0.438 e. The van der Waals surface area contributed by atoms with E-state index in [9.17, 15) is 10.4 Å². The molecule has 3 aromatic rings. The van der Waals surface area contributed by atoms with Crippen LogP contribution in [-0.2, 0) is 13.5 Å². The monoisotopic (exact) mass is 392 g/mol. The number of nitriles is 1. The van der Waals surface area contributed by atoms with Gasteiger partial charge in [0.1, 0.15) is 5.75 Å². The minimum absolute atomic E-state index is 0.0921. The maximum Gasteiger partial charge on any atom is 0.217 e. The zero-order valence-corrected chi connectivity index (χ0v) is 16.5. The smallest absolute Gasteiger partial charge is 0.217 e. The maximum absolute atomic E-state index is 9.83. The molecule has 0 saturated carbocycles. The van der Waals surface area contributed by atoms with E-state index in [1.807, 2.05) is 13.1 Å². The van der Waals surface area contributed by atoms with Gasteiger partial charge in [-0.1, -0.05) is 13.3 Å². The Balaban J connectivity index is 1.94. The largest absolute Gasteiger partial charge is 0.438 e. The molecule has 0 bridgehead atoms. The van der Waals surface area contributed by atoms with Gasteiger partial charge in [-0.05, 0) is 31.0 Å². The fourth-order valence-corrected chi connectivity index (χ4v) is 2.84. The summed E-state index contributed by atoms with van der Waals surface area (Å²) in [5.74, 6) is 1.45. The summed E-state index contributed by atoms with van der Waals surface area (Å²) in [6, 6.07) is 9.11. The van der Waals surface area contributed by atoms with Crippen LogP contribution in [-0.4, -0.2) is 31.4 Å². The number of aliphatic hydroxyl groups is 1. The summed E-state index contributed by atoms with van der Waals surface area (Å²) in [6.07, 6.45) is 5.29. The number of hydrogen-bond acceptors (Lipinski definition) is 7. The molecule has 2 aromatic heterocycles. The fraction of sp³-hybridized carbons (Fsp3) is 0.333. The van der Waals surface area contributed by atoms with Gasteiger partial charge in [0.15, 0.2) is 5.82 Å². The van der Waals surface area contributed by atoms with Crippen LogP contribution in [0.5, 0.6) is 11.6 Å². The van der Waals surface area contributed by atoms with E-state index < -0.39 is 6.10 Å². The maximum atomic E-state index is 9.83. The number of rotatable bonds is 8. The third kappa shape index (κ3) is 4.77. The van der Waals surface area contributed by atoms with Crippen LogP contribution < -0.4 is 10.5 Å². The van der Waals surface area contributed by atoms with Crippen molar-refractivity contribution in [2.45, 2.75) is 32.3 Å². The van der Waals surface area contributed by atoms with E-state index in [0.717, 1.165) is 25.0 Å². The molecule has 2 heterocycles. The van der Waals surface area contributed by atoms with Crippen molar-refractivity contribution < 1.29 is 9.84 Å². The number of nitrogens with two attached hydrogens (primary N) is 1. The van der Waals surface area contributed by atoms with Crippen molar-refractivity contribution in [3.8, 4) is 29.1 Å². The van der Waals surface area contributed by atoms with Crippen molar-refractivity contribution in [2.75, 3.05) is 6.54 Å². The first-order valence-corrected chi connectivity index (χ1v) is 9.51. The van der Waals surface area contributed by atoms with Crippen molar-refractivity contribution in [3.63, 3.8) is 0 Å². The van der Waals surface area contributed by atoms with E-state index in [1.54, 1.807) is 22.9 Å². The minimum atomic E-state index is -0.809. The van der Waals surface area contributed by atoms with Gasteiger partial charge in [-0.2, -0.15) is 10.4 Å². The molecule has 1 atom stereocenters. The summed E-state index contributed by atoms with van der Waals surface area (Å²) < 4.78 is 7.77. The van der Waals surface area contributed by atoms with Gasteiger partial charge in [0.25, 0.3) is 0 Å². The third-order valence-electron chi connectivity index (χ3n) is 4.52. The van der Waals surface area contributed by atoms with Crippen LogP contribution in [0.15, 0.2) is 36.7 Å². The van der Waals surface area contributed by atoms with E-state index in [0.29, 0.717) is 34.1 Å². The molecule has 0 saturated heterocycles. The van der Waals surface area contributed by atoms with Crippen LogP contribution in [0.25, 0.3) is 11.4 Å². The number of aliphatic hydroxyl groups excluding tert-OH is 1. The van der Waals surface area contributed by atoms with Crippen LogP contribution in [0.2, 0.25) is 0 Å². The topological polar surface area (TPSA) is 123 Å². The number of hydrogen-bond donors (Lipinski definition) is 2. The first-order chi connectivity index (χ1) is 14.0. The molecule has 0 radical (unpaired) electrons. The molecule has 8 nitrogen and oxygen atoms in total. The average molecular weight is 392 g/mol. The Bertz CT molecular complexity index is 1010. The van der Waals surface area contributed by atoms with Crippen LogP contribution >= 0.6 is 0 Å². The zero-order chi connectivity index (χ0) is 20.8. The van der Waals surface area contributed by atoms with E-state index in [2.05, 4.69) is 28.1 Å². The van der Waals surface area contributed by atoms with Crippen molar-refractivity contribution in [2.24, 2.45) is 12.8 Å². The number of ether oxygens (including phenoxy) is 1. The summed E-state index contributed by atoms with van der Waals surface area (Å²) in [4.78, 5) is 8.66. The second kappa shape index (κ2) is 9.28. The van der Waals surface area contributed by atoms with Gasteiger partial charge in [-0.25, -0.2) is 14.6 Å². The molecule has 0 aliphatic rings. The second-order valence-corrected chi connectivity index (χ2v) is 6.72. The first-order valence-electron chi connectivity index (χ1n) is 9.51. The molecule has 0 amide bonds. The molecule has 29 heavy (non-hydrogen) atoms. The standard InChI is InChI=1S/C21H24N6O2/c1-3-4-5-16-9-20(27(2)26-16)29-19-8-14(10-22)6-7-17(19)21-24-12-15(13-25-21)18(28)11-23/h6-9,12-13,18,28H,3-5,11,23H2,1-2H3. The van der Waals surface area contributed by atoms with E-state index in [-0.39, 0.29) is 6.54 Å². The molecule has 0 aliphatic heterocycles. The van der Waals surface area contributed by atoms with Gasteiger partial charge in [0.2, 0.25) is 5.88 Å². The predicted octanol–water partition coefficient (Wildman–Crippen LogP) is 2.88. The number of benzene rings is 1. The predicted molar refractivity (Wildman–Crippen MR) is 108 cm³/mol. The van der Waals surface area contributed by atoms with Crippen molar-refractivity contribution >= 4 is 0 Å².